The van der Waals surface area contributed by atoms with Gasteiger partial charge in [0, 0.05) is 24.7 Å². The summed E-state index contributed by atoms with van der Waals surface area (Å²) in [7, 11) is 0.218. The lowest BCUT2D eigenvalue weighted by atomic mass is 10.0. The average molecular weight is 811 g/mol. The zero-order valence-corrected chi connectivity index (χ0v) is 35.0. The quantitative estimate of drug-likeness (QED) is 0.116. The molecule has 0 saturated carbocycles. The Labute approximate surface area is 335 Å². The maximum absolute atomic E-state index is 15.1. The van der Waals surface area contributed by atoms with E-state index in [0.29, 0.717) is 32.1 Å². The molecule has 0 radical (unpaired) electrons. The number of amides is 1. The molecule has 1 amide bonds. The lowest BCUT2D eigenvalue weighted by Gasteiger charge is -2.43. The smallest absolute Gasteiger partial charge is 0.332 e. The summed E-state index contributed by atoms with van der Waals surface area (Å²) in [5.74, 6) is -0.319. The number of carbonyl (C=O) groups is 1. The van der Waals surface area contributed by atoms with Crippen LogP contribution in [0.4, 0.5) is 4.39 Å². The van der Waals surface area contributed by atoms with Crippen LogP contribution in [-0.4, -0.2) is 77.2 Å². The van der Waals surface area contributed by atoms with Crippen molar-refractivity contribution in [1.29, 1.82) is 0 Å². The van der Waals surface area contributed by atoms with Gasteiger partial charge in [-0.05, 0) is 47.5 Å². The number of aryl methyl sites for hydroxylation is 1. The molecule has 7 rings (SSSR count). The molecule has 298 valence electrons. The molecule has 1 aliphatic rings. The minimum absolute atomic E-state index is 0.0296. The summed E-state index contributed by atoms with van der Waals surface area (Å²) in [5, 5.41) is 11.4. The van der Waals surface area contributed by atoms with E-state index >= 15 is 4.39 Å². The lowest BCUT2D eigenvalue weighted by molar-refractivity contribution is -0.126. The molecule has 0 unspecified atom stereocenters. The number of fused-ring (bicyclic) bond motifs is 1. The van der Waals surface area contributed by atoms with E-state index in [0.717, 1.165) is 10.4 Å². The molecule has 0 N–H and O–H groups in total. The second kappa shape index (κ2) is 15.6. The number of carbonyl (C=O) groups excluding carboxylic acids is 1. The number of rotatable bonds is 13. The van der Waals surface area contributed by atoms with Crippen LogP contribution >= 0.6 is 11.3 Å². The number of methoxy groups -OCH3 is 1. The van der Waals surface area contributed by atoms with Crippen molar-refractivity contribution in [3.63, 3.8) is 0 Å². The van der Waals surface area contributed by atoms with Gasteiger partial charge in [-0.25, -0.2) is 9.18 Å². The number of likely N-dealkylation sites (N-methyl/N-ethyl adjacent to an activating group) is 1. The van der Waals surface area contributed by atoms with Crippen LogP contribution < -0.4 is 26.4 Å². The number of aromatic nitrogens is 5. The largest absolute Gasteiger partial charge is 0.496 e. The summed E-state index contributed by atoms with van der Waals surface area (Å²) in [4.78, 5) is 45.6. The van der Waals surface area contributed by atoms with Gasteiger partial charge in [0.15, 0.2) is 0 Å². The van der Waals surface area contributed by atoms with Crippen molar-refractivity contribution in [3.05, 3.63) is 129 Å². The van der Waals surface area contributed by atoms with E-state index in [4.69, 9.17) is 13.9 Å². The molecule has 6 aromatic rings. The molecular formula is C42H47FN6O6SSi. The van der Waals surface area contributed by atoms with Gasteiger partial charge >= 0.3 is 5.69 Å². The van der Waals surface area contributed by atoms with Crippen LogP contribution in [0.1, 0.15) is 51.3 Å². The maximum atomic E-state index is 15.1. The third-order valence-electron chi connectivity index (χ3n) is 10.9. The van der Waals surface area contributed by atoms with Crippen molar-refractivity contribution in [3.8, 4) is 10.8 Å². The van der Waals surface area contributed by atoms with E-state index in [2.05, 4.69) is 55.2 Å². The second-order valence-corrected chi connectivity index (χ2v) is 21.0. The molecule has 2 atom stereocenters. The molecule has 1 aliphatic heterocycles. The fourth-order valence-corrected chi connectivity index (χ4v) is 14.0. The molecule has 3 aromatic heterocycles. The van der Waals surface area contributed by atoms with E-state index in [9.17, 15) is 14.4 Å². The van der Waals surface area contributed by atoms with Gasteiger partial charge in [-0.3, -0.25) is 18.7 Å². The number of halogens is 1. The molecule has 1 saturated heterocycles. The van der Waals surface area contributed by atoms with Gasteiger partial charge in [0.05, 0.1) is 56.6 Å². The van der Waals surface area contributed by atoms with Crippen molar-refractivity contribution in [2.75, 3.05) is 33.9 Å². The Morgan fingerprint density at radius 3 is 2.14 bits per heavy atom. The van der Waals surface area contributed by atoms with Crippen LogP contribution in [-0.2, 0) is 26.0 Å². The zero-order chi connectivity index (χ0) is 40.7. The highest BCUT2D eigenvalue weighted by molar-refractivity contribution is 7.21. The molecule has 15 heteroatoms. The van der Waals surface area contributed by atoms with Crippen molar-refractivity contribution in [1.82, 2.24) is 29.0 Å². The van der Waals surface area contributed by atoms with Gasteiger partial charge in [0.25, 0.3) is 13.9 Å². The predicted octanol–water partition coefficient (Wildman–Crippen LogP) is 5.17. The molecule has 0 bridgehead atoms. The van der Waals surface area contributed by atoms with E-state index in [1.54, 1.807) is 20.9 Å². The van der Waals surface area contributed by atoms with Crippen molar-refractivity contribution in [2.45, 2.75) is 64.3 Å². The van der Waals surface area contributed by atoms with Crippen LogP contribution in [0.15, 0.2) is 101 Å². The minimum atomic E-state index is -2.93. The Bertz CT molecular complexity index is 2480. The summed E-state index contributed by atoms with van der Waals surface area (Å²) in [6.07, 6.45) is 2.09. The number of benzene rings is 3. The molecule has 12 nitrogen and oxygen atoms in total. The fraction of sp³-hybridized carbons (Fsp3) is 0.357. The first-order chi connectivity index (χ1) is 27.2. The molecule has 1 fully saturated rings. The second-order valence-electron chi connectivity index (χ2n) is 15.7. The van der Waals surface area contributed by atoms with E-state index in [1.807, 2.05) is 36.4 Å². The number of hydrogen-bond acceptors (Lipinski definition) is 9. The van der Waals surface area contributed by atoms with Crippen molar-refractivity contribution < 1.29 is 23.1 Å². The number of ether oxygens (including phenoxy) is 2. The summed E-state index contributed by atoms with van der Waals surface area (Å²) in [6, 6.07) is 24.7. The van der Waals surface area contributed by atoms with Crippen LogP contribution in [0.25, 0.3) is 15.2 Å². The third-order valence-corrected chi connectivity index (χ3v) is 17.2. The maximum Gasteiger partial charge on any atom is 0.332 e. The van der Waals surface area contributed by atoms with Crippen LogP contribution in [0.3, 0.4) is 0 Å². The Kier molecular flexibility index (Phi) is 11.0. The van der Waals surface area contributed by atoms with Gasteiger partial charge in [0.1, 0.15) is 27.5 Å². The molecule has 57 heavy (non-hydrogen) atoms. The molecule has 3 aromatic carbocycles. The first-order valence-electron chi connectivity index (χ1n) is 18.8. The molecule has 4 heterocycles. The summed E-state index contributed by atoms with van der Waals surface area (Å²) in [6.45, 7) is 10.4. The Morgan fingerprint density at radius 2 is 1.58 bits per heavy atom. The van der Waals surface area contributed by atoms with Crippen LogP contribution in [0.5, 0.6) is 5.75 Å². The fourth-order valence-electron chi connectivity index (χ4n) is 8.26. The number of nitrogens with zero attached hydrogens (tertiary/aromatic N) is 6. The summed E-state index contributed by atoms with van der Waals surface area (Å²) in [5.41, 5.74) is -1.30. The van der Waals surface area contributed by atoms with Gasteiger partial charge < -0.3 is 18.8 Å². The molecular weight excluding hydrogens is 764 g/mol. The zero-order valence-electron chi connectivity index (χ0n) is 33.2. The van der Waals surface area contributed by atoms with Crippen LogP contribution in [0.2, 0.25) is 5.04 Å². The van der Waals surface area contributed by atoms with Gasteiger partial charge in [-0.15, -0.1) is 4.80 Å². The normalized spacial score (nSPS) is 16.8. The Morgan fingerprint density at radius 1 is 0.947 bits per heavy atom. The van der Waals surface area contributed by atoms with Gasteiger partial charge in [-0.1, -0.05) is 92.8 Å². The standard InChI is InChI=1S/C42H47FN6O6SSi/c1-28-36-37(51)48(42(5)25-35(50)46(6)27-42)40(52)47(39(36)56-38(28)49-44-20-21-45-49)26-34(32-24-29(43)18-19-33(32)53-7)54-22-23-55-57(41(2,3)4,30-14-10-8-11-15-30)31-16-12-9-13-17-31/h8-21,24,34H,22-23,25-27H2,1-7H3/t34-,42-/m0/s1. The average Bonchev–Trinajstić information content (AvgIpc) is 3.90. The highest BCUT2D eigenvalue weighted by Crippen LogP contribution is 2.38. The highest BCUT2D eigenvalue weighted by Gasteiger charge is 2.50. The number of hydrogen-bond donors (Lipinski definition) is 0. The topological polar surface area (TPSA) is 123 Å². The first kappa shape index (κ1) is 40.0. The Hall–Kier alpha value is -5.22. The van der Waals surface area contributed by atoms with E-state index < -0.39 is 37.0 Å². The third kappa shape index (κ3) is 7.17. The predicted molar refractivity (Wildman–Crippen MR) is 221 cm³/mol. The van der Waals surface area contributed by atoms with Crippen molar-refractivity contribution >= 4 is 46.2 Å². The SMILES string of the molecule is COc1ccc(F)cc1[C@H](Cn1c(=O)n([C@@]2(C)CC(=O)N(C)C2)c(=O)c2c(C)c(-n3nccn3)sc21)OCCO[Si](c1ccccc1)(c1ccccc1)C(C)(C)C. The van der Waals surface area contributed by atoms with E-state index in [-0.39, 0.29) is 43.7 Å². The van der Waals surface area contributed by atoms with E-state index in [1.165, 1.54) is 67.9 Å². The van der Waals surface area contributed by atoms with Gasteiger partial charge in [-0.2, -0.15) is 10.2 Å². The van der Waals surface area contributed by atoms with Crippen LogP contribution in [0, 0.1) is 12.7 Å². The number of likely N-dealkylation sites (tertiary alicyclic amines) is 1. The van der Waals surface area contributed by atoms with Gasteiger partial charge in [0.2, 0.25) is 5.91 Å². The molecule has 0 aliphatic carbocycles. The highest BCUT2D eigenvalue weighted by atomic mass is 32.1. The van der Waals surface area contributed by atoms with Crippen molar-refractivity contribution in [2.24, 2.45) is 0 Å². The number of thiophene rings is 1. The first-order valence-corrected chi connectivity index (χ1v) is 21.5. The summed E-state index contributed by atoms with van der Waals surface area (Å²) >= 11 is 1.20. The minimum Gasteiger partial charge on any atom is -0.496 e. The lowest BCUT2D eigenvalue weighted by Crippen LogP contribution is -2.66. The summed E-state index contributed by atoms with van der Waals surface area (Å²) < 4.78 is 37.3. The Balaban J connectivity index is 1.33. The monoisotopic (exact) mass is 810 g/mol. The molecule has 0 spiro atoms.